The molecule has 0 amide bonds. The first-order valence-corrected chi connectivity index (χ1v) is 5.00. The molecule has 0 saturated carbocycles. The fourth-order valence-corrected chi connectivity index (χ4v) is 1.09. The van der Waals surface area contributed by atoms with Gasteiger partial charge in [0.05, 0.1) is 0 Å². The molecule has 3 heteroatoms. The van der Waals surface area contributed by atoms with Crippen LogP contribution in [0.25, 0.3) is 0 Å². The van der Waals surface area contributed by atoms with E-state index in [0.717, 1.165) is 5.57 Å². The van der Waals surface area contributed by atoms with E-state index < -0.39 is 0 Å². The highest BCUT2D eigenvalue weighted by Crippen LogP contribution is 2.00. The molecule has 0 heterocycles. The summed E-state index contributed by atoms with van der Waals surface area (Å²) in [7, 11) is 0. The van der Waals surface area contributed by atoms with E-state index in [-0.39, 0.29) is 0 Å². The summed E-state index contributed by atoms with van der Waals surface area (Å²) in [6, 6.07) is 0. The molecule has 0 aromatic heterocycles. The second-order valence-electron chi connectivity index (χ2n) is 3.04. The fourth-order valence-electron chi connectivity index (χ4n) is 1.09. The fraction of sp³-hybridized carbons (Fsp3) is 0.0769. The van der Waals surface area contributed by atoms with Crippen LogP contribution in [-0.2, 0) is 0 Å². The lowest BCUT2D eigenvalue weighted by atomic mass is 10.2. The lowest BCUT2D eigenvalue weighted by molar-refractivity contribution is 0.905. The molecule has 1 N–H and O–H groups in total. The van der Waals surface area contributed by atoms with Crippen LogP contribution in [0.2, 0.25) is 0 Å². The molecule has 0 spiro atoms. The highest BCUT2D eigenvalue weighted by atomic mass is 15.1. The highest BCUT2D eigenvalue weighted by Gasteiger charge is 1.92. The van der Waals surface area contributed by atoms with E-state index in [1.54, 1.807) is 0 Å². The third-order valence-corrected chi connectivity index (χ3v) is 1.83. The summed E-state index contributed by atoms with van der Waals surface area (Å²) in [5, 5.41) is 3.65. The Bertz CT molecular complexity index is 428. The Labute approximate surface area is 95.1 Å². The highest BCUT2D eigenvalue weighted by molar-refractivity contribution is 5.30. The van der Waals surface area contributed by atoms with Gasteiger partial charge >= 0.3 is 0 Å². The topological polar surface area (TPSA) is 50.3 Å². The van der Waals surface area contributed by atoms with Crippen molar-refractivity contribution in [2.45, 2.75) is 0 Å². The minimum absolute atomic E-state index is 0.428. The average molecular weight is 212 g/mol. The summed E-state index contributed by atoms with van der Waals surface area (Å²) in [4.78, 5) is 2.99. The number of nitrogens with zero attached hydrogens (tertiary/aromatic N) is 2. The molecule has 1 aliphatic carbocycles. The first-order valence-electron chi connectivity index (χ1n) is 5.00. The summed E-state index contributed by atoms with van der Waals surface area (Å²) < 4.78 is 0. The van der Waals surface area contributed by atoms with Gasteiger partial charge in [-0.1, -0.05) is 66.8 Å². The van der Waals surface area contributed by atoms with E-state index in [4.69, 9.17) is 5.53 Å². The van der Waals surface area contributed by atoms with Crippen LogP contribution in [0.5, 0.6) is 0 Å². The average Bonchev–Trinajstić information content (AvgIpc) is 2.28. The van der Waals surface area contributed by atoms with Crippen molar-refractivity contribution in [3.63, 3.8) is 0 Å². The van der Waals surface area contributed by atoms with Gasteiger partial charge in [0.2, 0.25) is 4.91 Å². The predicted octanol–water partition coefficient (Wildman–Crippen LogP) is 3.26. The van der Waals surface area contributed by atoms with E-state index in [2.05, 4.69) is 10.0 Å². The normalized spacial score (nSPS) is 28.1. The minimum Gasteiger partial charge on any atom is -0.0623 e. The maximum Gasteiger partial charge on any atom is 0.214 e. The van der Waals surface area contributed by atoms with Gasteiger partial charge < -0.3 is 0 Å². The zero-order valence-corrected chi connectivity index (χ0v) is 8.95. The van der Waals surface area contributed by atoms with Gasteiger partial charge in [-0.25, -0.2) is 0 Å². The number of allylic oxidation sites excluding steroid dienone is 10. The van der Waals surface area contributed by atoms with Gasteiger partial charge in [0.1, 0.15) is 17.2 Å². The molecule has 0 aromatic rings. The zero-order chi connectivity index (χ0) is 11.5. The number of rotatable bonds is 2. The summed E-state index contributed by atoms with van der Waals surface area (Å²) in [6.45, 7) is 0.428. The van der Waals surface area contributed by atoms with Crippen molar-refractivity contribution in [3.05, 3.63) is 72.4 Å². The van der Waals surface area contributed by atoms with Gasteiger partial charge in [-0.2, -0.15) is 0 Å². The Balaban J connectivity index is 2.83. The maximum atomic E-state index is 6.62. The molecule has 0 atom stereocenters. The molecule has 0 saturated heterocycles. The van der Waals surface area contributed by atoms with Gasteiger partial charge in [0.15, 0.2) is 0 Å². The Morgan fingerprint density at radius 2 is 1.44 bits per heavy atom. The number of hydrogen-bond acceptors (Lipinski definition) is 2. The van der Waals surface area contributed by atoms with Crippen LogP contribution in [0.15, 0.2) is 77.5 Å². The van der Waals surface area contributed by atoms with Crippen LogP contribution in [-0.4, -0.2) is 6.54 Å². The van der Waals surface area contributed by atoms with Crippen LogP contribution in [0.1, 0.15) is 0 Å². The number of nitrogens with one attached hydrogen (secondary N) is 1. The van der Waals surface area contributed by atoms with Gasteiger partial charge in [-0.15, -0.1) is 0 Å². The lowest BCUT2D eigenvalue weighted by Crippen LogP contribution is -1.83. The maximum absolute atomic E-state index is 6.62. The molecular formula is C13H14N3+. The van der Waals surface area contributed by atoms with Gasteiger partial charge in [0, 0.05) is 0 Å². The first-order chi connectivity index (χ1) is 7.93. The predicted molar refractivity (Wildman–Crippen MR) is 65.9 cm³/mol. The van der Waals surface area contributed by atoms with E-state index >= 15 is 0 Å². The van der Waals surface area contributed by atoms with Gasteiger partial charge in [-0.3, -0.25) is 0 Å². The molecule has 3 nitrogen and oxygen atoms in total. The molecule has 0 bridgehead atoms. The van der Waals surface area contributed by atoms with E-state index in [9.17, 15) is 0 Å². The monoisotopic (exact) mass is 212 g/mol. The third-order valence-electron chi connectivity index (χ3n) is 1.83. The van der Waals surface area contributed by atoms with Crippen molar-refractivity contribution in [2.24, 2.45) is 5.11 Å². The Hall–Kier alpha value is -2.25. The van der Waals surface area contributed by atoms with Crippen molar-refractivity contribution in [1.29, 1.82) is 5.53 Å². The molecule has 0 radical (unpaired) electrons. The molecule has 0 aliphatic heterocycles. The first kappa shape index (κ1) is 11.8. The Morgan fingerprint density at radius 3 is 2.06 bits per heavy atom. The van der Waals surface area contributed by atoms with Gasteiger partial charge in [-0.05, 0) is 5.57 Å². The summed E-state index contributed by atoms with van der Waals surface area (Å²) >= 11 is 0. The largest absolute Gasteiger partial charge is 0.214 e. The summed E-state index contributed by atoms with van der Waals surface area (Å²) in [5.41, 5.74) is 7.63. The van der Waals surface area contributed by atoms with Crippen LogP contribution in [0.3, 0.4) is 0 Å². The molecule has 1 aliphatic rings. The van der Waals surface area contributed by atoms with Crippen molar-refractivity contribution in [1.82, 2.24) is 4.91 Å². The Kier molecular flexibility index (Phi) is 5.98. The van der Waals surface area contributed by atoms with Crippen molar-refractivity contribution in [2.75, 3.05) is 6.54 Å². The van der Waals surface area contributed by atoms with E-state index in [1.165, 1.54) is 0 Å². The molecular weight excluding hydrogens is 198 g/mol. The molecule has 0 unspecified atom stereocenters. The smallest absolute Gasteiger partial charge is 0.0623 e. The lowest BCUT2D eigenvalue weighted by Gasteiger charge is -1.89. The Morgan fingerprint density at radius 1 is 0.875 bits per heavy atom. The minimum atomic E-state index is 0.428. The SMILES string of the molecule is N=[N+]=NCC1=C/C=C\C=C/C=C\C=C/C=C\1. The van der Waals surface area contributed by atoms with E-state index in [0.29, 0.717) is 6.54 Å². The van der Waals surface area contributed by atoms with Crippen LogP contribution >= 0.6 is 0 Å². The van der Waals surface area contributed by atoms with Crippen LogP contribution in [0, 0.1) is 5.53 Å². The second kappa shape index (κ2) is 8.09. The molecule has 1 rings (SSSR count). The van der Waals surface area contributed by atoms with Crippen molar-refractivity contribution in [3.8, 4) is 0 Å². The van der Waals surface area contributed by atoms with Crippen molar-refractivity contribution < 1.29 is 0 Å². The molecule has 80 valence electrons. The summed E-state index contributed by atoms with van der Waals surface area (Å²) in [6.07, 6.45) is 21.5. The van der Waals surface area contributed by atoms with Crippen LogP contribution in [0.4, 0.5) is 0 Å². The quantitative estimate of drug-likeness (QED) is 0.539. The van der Waals surface area contributed by atoms with Gasteiger partial charge in [0.25, 0.3) is 0 Å². The standard InChI is InChI=1S/C13H14N3/c14-16-15-12-13-10-8-6-4-2-1-3-5-7-9-11-13/h1-11,14H,12H2/q+1/b2-1-,3-1?,4-2?,5-3-,6-4-,7-5?,8-6?,9-7-,10-8-,11-9?,13-10?,13-11+. The van der Waals surface area contributed by atoms with E-state index in [1.807, 2.05) is 66.8 Å². The van der Waals surface area contributed by atoms with Crippen LogP contribution < -0.4 is 4.91 Å². The zero-order valence-electron chi connectivity index (χ0n) is 8.95. The summed E-state index contributed by atoms with van der Waals surface area (Å²) in [5.74, 6) is 0. The second-order valence-corrected chi connectivity index (χ2v) is 3.04. The number of hydrogen-bond donors (Lipinski definition) is 1. The molecule has 0 fully saturated rings. The third kappa shape index (κ3) is 5.47. The molecule has 0 aromatic carbocycles. The molecule has 16 heavy (non-hydrogen) atoms. The van der Waals surface area contributed by atoms with Crippen molar-refractivity contribution >= 4 is 0 Å².